The second-order valence-electron chi connectivity index (χ2n) is 11.0. The van der Waals surface area contributed by atoms with Crippen LogP contribution in [0.5, 0.6) is 23.0 Å². The maximum atomic E-state index is 12.2. The number of carbonyl (C=O) groups excluding carboxylic acids is 2. The van der Waals surface area contributed by atoms with Crippen molar-refractivity contribution in [2.75, 3.05) is 34.2 Å². The molecule has 0 aromatic heterocycles. The van der Waals surface area contributed by atoms with E-state index in [1.165, 1.54) is 12.2 Å². The first-order valence-corrected chi connectivity index (χ1v) is 16.2. The zero-order chi connectivity index (χ0) is 32.9. The van der Waals surface area contributed by atoms with Gasteiger partial charge in [-0.15, -0.1) is 0 Å². The van der Waals surface area contributed by atoms with Crippen LogP contribution in [0.15, 0.2) is 48.6 Å². The molecular weight excluding hydrogens is 572 g/mol. The van der Waals surface area contributed by atoms with E-state index in [1.54, 1.807) is 50.6 Å². The topological polar surface area (TPSA) is 89.5 Å². The van der Waals surface area contributed by atoms with Crippen LogP contribution in [0.4, 0.5) is 0 Å². The van der Waals surface area contributed by atoms with Gasteiger partial charge in [-0.3, -0.25) is 0 Å². The Hall–Kier alpha value is -3.94. The van der Waals surface area contributed by atoms with Crippen LogP contribution in [0.3, 0.4) is 0 Å². The van der Waals surface area contributed by atoms with Crippen molar-refractivity contribution in [3.63, 3.8) is 0 Å². The Kier molecular flexibility index (Phi) is 18.0. The van der Waals surface area contributed by atoms with Gasteiger partial charge in [-0.1, -0.05) is 78.4 Å². The van der Waals surface area contributed by atoms with Crippen molar-refractivity contribution in [2.24, 2.45) is 11.8 Å². The third kappa shape index (κ3) is 14.1. The van der Waals surface area contributed by atoms with Crippen LogP contribution in [-0.4, -0.2) is 46.2 Å². The predicted molar refractivity (Wildman–Crippen MR) is 179 cm³/mol. The highest BCUT2D eigenvalue weighted by Gasteiger charge is 2.11. The zero-order valence-corrected chi connectivity index (χ0v) is 28.0. The van der Waals surface area contributed by atoms with Gasteiger partial charge in [0.25, 0.3) is 0 Å². The number of hydrogen-bond donors (Lipinski definition) is 0. The number of methoxy groups -OCH3 is 2. The van der Waals surface area contributed by atoms with E-state index in [1.807, 2.05) is 12.1 Å². The van der Waals surface area contributed by atoms with Crippen molar-refractivity contribution >= 4 is 24.1 Å². The monoisotopic (exact) mass is 624 g/mol. The van der Waals surface area contributed by atoms with Crippen LogP contribution in [0.2, 0.25) is 0 Å². The minimum atomic E-state index is -0.365. The molecule has 2 rings (SSSR count). The molecule has 45 heavy (non-hydrogen) atoms. The Bertz CT molecular complexity index is 1130. The van der Waals surface area contributed by atoms with Crippen molar-refractivity contribution < 1.29 is 38.0 Å². The summed E-state index contributed by atoms with van der Waals surface area (Å²) in [4.78, 5) is 24.4. The van der Waals surface area contributed by atoms with E-state index in [0.717, 1.165) is 62.5 Å². The highest BCUT2D eigenvalue weighted by Crippen LogP contribution is 2.31. The number of hydrogen-bond acceptors (Lipinski definition) is 8. The first kappa shape index (κ1) is 37.2. The van der Waals surface area contributed by atoms with Gasteiger partial charge in [-0.05, 0) is 72.2 Å². The molecule has 2 aromatic rings. The second kappa shape index (κ2) is 21.7. The largest absolute Gasteiger partial charge is 0.493 e. The summed E-state index contributed by atoms with van der Waals surface area (Å²) in [5, 5.41) is 0. The lowest BCUT2D eigenvalue weighted by atomic mass is 10.0. The van der Waals surface area contributed by atoms with Crippen LogP contribution < -0.4 is 18.9 Å². The molecule has 2 unspecified atom stereocenters. The molecular formula is C37H52O8. The fourth-order valence-electron chi connectivity index (χ4n) is 4.59. The van der Waals surface area contributed by atoms with Gasteiger partial charge < -0.3 is 28.4 Å². The average molecular weight is 625 g/mol. The molecule has 0 radical (unpaired) electrons. The summed E-state index contributed by atoms with van der Waals surface area (Å²) in [5.41, 5.74) is 1.54. The van der Waals surface area contributed by atoms with E-state index < -0.39 is 0 Å². The Morgan fingerprint density at radius 3 is 1.42 bits per heavy atom. The highest BCUT2D eigenvalue weighted by atomic mass is 16.7. The molecule has 2 atom stereocenters. The molecule has 0 saturated heterocycles. The van der Waals surface area contributed by atoms with E-state index in [4.69, 9.17) is 28.4 Å². The van der Waals surface area contributed by atoms with Gasteiger partial charge in [0.2, 0.25) is 6.79 Å². The molecule has 0 heterocycles. The minimum Gasteiger partial charge on any atom is -0.493 e. The lowest BCUT2D eigenvalue weighted by Crippen LogP contribution is -2.12. The third-order valence-corrected chi connectivity index (χ3v) is 7.64. The quantitative estimate of drug-likeness (QED) is 0.0730. The first-order chi connectivity index (χ1) is 21.9. The predicted octanol–water partition coefficient (Wildman–Crippen LogP) is 8.66. The van der Waals surface area contributed by atoms with Crippen molar-refractivity contribution in [3.05, 3.63) is 59.7 Å². The minimum absolute atomic E-state index is 0.0942. The molecule has 0 N–H and O–H groups in total. The van der Waals surface area contributed by atoms with Gasteiger partial charge in [-0.2, -0.15) is 0 Å². The maximum Gasteiger partial charge on any atom is 0.330 e. The van der Waals surface area contributed by atoms with Crippen molar-refractivity contribution in [2.45, 2.75) is 79.1 Å². The number of ether oxygens (including phenoxy) is 6. The van der Waals surface area contributed by atoms with Crippen molar-refractivity contribution in [1.29, 1.82) is 0 Å². The maximum absolute atomic E-state index is 12.2. The van der Waals surface area contributed by atoms with Crippen molar-refractivity contribution in [3.8, 4) is 23.0 Å². The molecule has 0 aliphatic heterocycles. The van der Waals surface area contributed by atoms with Crippen molar-refractivity contribution in [1.82, 2.24) is 0 Å². The normalized spacial score (nSPS) is 12.6. The molecule has 0 saturated carbocycles. The van der Waals surface area contributed by atoms with Gasteiger partial charge in [0, 0.05) is 12.2 Å². The van der Waals surface area contributed by atoms with Gasteiger partial charge in [0.1, 0.15) is 0 Å². The average Bonchev–Trinajstić information content (AvgIpc) is 3.07. The lowest BCUT2D eigenvalue weighted by molar-refractivity contribution is -0.140. The van der Waals surface area contributed by atoms with Crippen LogP contribution in [0, 0.1) is 11.8 Å². The number of rotatable bonds is 22. The number of carbonyl (C=O) groups is 2. The van der Waals surface area contributed by atoms with E-state index in [-0.39, 0.29) is 18.7 Å². The van der Waals surface area contributed by atoms with Gasteiger partial charge in [-0.25, -0.2) is 9.59 Å². The Balaban J connectivity index is 1.90. The summed E-state index contributed by atoms with van der Waals surface area (Å²) < 4.78 is 33.5. The standard InChI is InChI=1S/C37H52O8/c1-7-11-13-28(9-3)25-42-36(38)21-17-30-15-19-32(34(23-30)40-5)44-27-45-33-20-16-31(24-35(33)41-6)18-22-37(39)43-26-29(10-4)14-12-8-2/h15-24,28-29H,7-14,25-27H2,1-6H3/b21-17+,22-18+. The Morgan fingerprint density at radius 2 is 1.07 bits per heavy atom. The van der Waals surface area contributed by atoms with E-state index >= 15 is 0 Å². The molecule has 8 nitrogen and oxygen atoms in total. The fraction of sp³-hybridized carbons (Fsp3) is 0.514. The third-order valence-electron chi connectivity index (χ3n) is 7.64. The van der Waals surface area contributed by atoms with Crippen LogP contribution >= 0.6 is 0 Å². The van der Waals surface area contributed by atoms with E-state index in [0.29, 0.717) is 48.0 Å². The number of esters is 2. The lowest BCUT2D eigenvalue weighted by Gasteiger charge is -2.14. The number of unbranched alkanes of at least 4 members (excludes halogenated alkanes) is 2. The molecule has 0 bridgehead atoms. The summed E-state index contributed by atoms with van der Waals surface area (Å²) >= 11 is 0. The SMILES string of the molecule is CCCCC(CC)COC(=O)/C=C/c1ccc(OCOc2ccc(/C=C/C(=O)OCC(CC)CCCC)cc2OC)c(OC)c1. The smallest absolute Gasteiger partial charge is 0.330 e. The Labute approximate surface area is 269 Å². The molecule has 2 aromatic carbocycles. The molecule has 0 aliphatic carbocycles. The zero-order valence-electron chi connectivity index (χ0n) is 28.0. The summed E-state index contributed by atoms with van der Waals surface area (Å²) in [5.74, 6) is 2.01. The summed E-state index contributed by atoms with van der Waals surface area (Å²) in [6, 6.07) is 10.7. The van der Waals surface area contributed by atoms with Crippen LogP contribution in [-0.2, 0) is 19.1 Å². The molecule has 0 spiro atoms. The second-order valence-corrected chi connectivity index (χ2v) is 11.0. The summed E-state index contributed by atoms with van der Waals surface area (Å²) in [7, 11) is 3.09. The molecule has 0 fully saturated rings. The fourth-order valence-corrected chi connectivity index (χ4v) is 4.59. The molecule has 248 valence electrons. The van der Waals surface area contributed by atoms with Gasteiger partial charge in [0.15, 0.2) is 23.0 Å². The van der Waals surface area contributed by atoms with Crippen LogP contribution in [0.1, 0.15) is 90.2 Å². The summed E-state index contributed by atoms with van der Waals surface area (Å²) in [6.07, 6.45) is 14.9. The summed E-state index contributed by atoms with van der Waals surface area (Å²) in [6.45, 7) is 9.34. The highest BCUT2D eigenvalue weighted by molar-refractivity contribution is 5.87. The van der Waals surface area contributed by atoms with Gasteiger partial charge >= 0.3 is 11.9 Å². The van der Waals surface area contributed by atoms with Gasteiger partial charge in [0.05, 0.1) is 27.4 Å². The molecule has 0 amide bonds. The Morgan fingerprint density at radius 1 is 0.644 bits per heavy atom. The molecule has 0 aliphatic rings. The number of benzene rings is 2. The first-order valence-electron chi connectivity index (χ1n) is 16.2. The van der Waals surface area contributed by atoms with E-state index in [2.05, 4.69) is 27.7 Å². The van der Waals surface area contributed by atoms with Crippen LogP contribution in [0.25, 0.3) is 12.2 Å². The molecule has 8 heteroatoms. The van der Waals surface area contributed by atoms with E-state index in [9.17, 15) is 9.59 Å².